The van der Waals surface area contributed by atoms with Gasteiger partial charge in [-0.2, -0.15) is 0 Å². The van der Waals surface area contributed by atoms with Crippen LogP contribution in [0.3, 0.4) is 0 Å². The van der Waals surface area contributed by atoms with Crippen molar-refractivity contribution in [1.29, 1.82) is 0 Å². The highest BCUT2D eigenvalue weighted by Gasteiger charge is 2.18. The molecule has 3 aromatic rings. The molecule has 0 spiro atoms. The van der Waals surface area contributed by atoms with Crippen LogP contribution in [0.2, 0.25) is 0 Å². The lowest BCUT2D eigenvalue weighted by Crippen LogP contribution is -2.33. The van der Waals surface area contributed by atoms with Gasteiger partial charge in [-0.25, -0.2) is 4.98 Å². The van der Waals surface area contributed by atoms with E-state index in [-0.39, 0.29) is 17.1 Å². The first-order valence-corrected chi connectivity index (χ1v) is 9.48. The zero-order valence-corrected chi connectivity index (χ0v) is 15.7. The van der Waals surface area contributed by atoms with Gasteiger partial charge in [-0.05, 0) is 18.4 Å². The van der Waals surface area contributed by atoms with Crippen molar-refractivity contribution in [3.63, 3.8) is 0 Å². The number of H-pyrrole nitrogens is 1. The zero-order chi connectivity index (χ0) is 18.4. The van der Waals surface area contributed by atoms with Gasteiger partial charge in [0, 0.05) is 12.1 Å². The molecule has 0 bridgehead atoms. The number of aromatic amines is 1. The number of nitrogens with one attached hydrogen (secondary N) is 2. The molecule has 0 saturated heterocycles. The summed E-state index contributed by atoms with van der Waals surface area (Å²) < 4.78 is 0. The smallest absolute Gasteiger partial charge is 0.233 e. The zero-order valence-electron chi connectivity index (χ0n) is 14.8. The van der Waals surface area contributed by atoms with Crippen molar-refractivity contribution < 1.29 is 4.79 Å². The summed E-state index contributed by atoms with van der Waals surface area (Å²) in [5.74, 6) is 0.966. The summed E-state index contributed by atoms with van der Waals surface area (Å²) in [7, 11) is 0. The minimum Gasteiger partial charge on any atom is -0.355 e. The Morgan fingerprint density at radius 2 is 1.73 bits per heavy atom. The summed E-state index contributed by atoms with van der Waals surface area (Å²) in [4.78, 5) is 16.8. The van der Waals surface area contributed by atoms with Gasteiger partial charge in [0.1, 0.15) is 0 Å². The number of benzene rings is 2. The van der Waals surface area contributed by atoms with Crippen molar-refractivity contribution in [2.24, 2.45) is 0 Å². The average molecular weight is 366 g/mol. The van der Waals surface area contributed by atoms with Crippen LogP contribution in [0.5, 0.6) is 0 Å². The number of hydrogen-bond donors (Lipinski definition) is 2. The third-order valence-electron chi connectivity index (χ3n) is 4.11. The van der Waals surface area contributed by atoms with Crippen LogP contribution in [0.1, 0.15) is 25.3 Å². The second-order valence-electron chi connectivity index (χ2n) is 6.15. The maximum absolute atomic E-state index is 12.4. The molecular weight excluding hydrogens is 344 g/mol. The second kappa shape index (κ2) is 8.67. The summed E-state index contributed by atoms with van der Waals surface area (Å²) in [5, 5.41) is 10.4. The fraction of sp³-hybridized carbons (Fsp3) is 0.250. The highest BCUT2D eigenvalue weighted by Crippen LogP contribution is 2.22. The molecule has 2 aromatic carbocycles. The lowest BCUT2D eigenvalue weighted by molar-refractivity contribution is -0.120. The fourth-order valence-electron chi connectivity index (χ4n) is 2.53. The summed E-state index contributed by atoms with van der Waals surface area (Å²) in [6.45, 7) is 4.58. The molecule has 2 N–H and O–H groups in total. The number of carbonyl (C=O) groups is 1. The van der Waals surface area contributed by atoms with Crippen LogP contribution in [-0.2, 0) is 4.79 Å². The number of nitrogens with zero attached hydrogens (tertiary/aromatic N) is 2. The van der Waals surface area contributed by atoms with Gasteiger partial charge in [-0.15, -0.1) is 5.10 Å². The van der Waals surface area contributed by atoms with E-state index in [0.29, 0.717) is 17.5 Å². The number of amides is 1. The van der Waals surface area contributed by atoms with E-state index in [0.717, 1.165) is 5.56 Å². The van der Waals surface area contributed by atoms with E-state index >= 15 is 0 Å². The third kappa shape index (κ3) is 4.73. The SMILES string of the molecule is C[C@H](Sc1n[nH]c(-c2ccccc2)n1)C(=O)NC[C@@H](C)c1ccccc1. The van der Waals surface area contributed by atoms with Crippen LogP contribution >= 0.6 is 11.8 Å². The van der Waals surface area contributed by atoms with Gasteiger partial charge in [0.25, 0.3) is 0 Å². The lowest BCUT2D eigenvalue weighted by Gasteiger charge is -2.15. The van der Waals surface area contributed by atoms with E-state index in [2.05, 4.69) is 39.6 Å². The quantitative estimate of drug-likeness (QED) is 0.623. The molecule has 1 amide bonds. The molecule has 0 aliphatic heterocycles. The normalized spacial score (nSPS) is 13.2. The minimum atomic E-state index is -0.266. The van der Waals surface area contributed by atoms with Gasteiger partial charge in [0.2, 0.25) is 11.1 Å². The van der Waals surface area contributed by atoms with Crippen molar-refractivity contribution in [1.82, 2.24) is 20.5 Å². The Labute approximate surface area is 157 Å². The molecule has 0 radical (unpaired) electrons. The Morgan fingerprint density at radius 3 is 2.42 bits per heavy atom. The lowest BCUT2D eigenvalue weighted by atomic mass is 10.0. The first-order chi connectivity index (χ1) is 12.6. The van der Waals surface area contributed by atoms with E-state index in [1.807, 2.05) is 55.5 Å². The first kappa shape index (κ1) is 18.2. The number of hydrogen-bond acceptors (Lipinski definition) is 4. The van der Waals surface area contributed by atoms with Crippen molar-refractivity contribution in [2.75, 3.05) is 6.54 Å². The van der Waals surface area contributed by atoms with E-state index in [1.165, 1.54) is 17.3 Å². The van der Waals surface area contributed by atoms with E-state index in [4.69, 9.17) is 0 Å². The summed E-state index contributed by atoms with van der Waals surface area (Å²) in [6.07, 6.45) is 0. The number of rotatable bonds is 7. The van der Waals surface area contributed by atoms with Gasteiger partial charge in [-0.3, -0.25) is 9.89 Å². The Hall–Kier alpha value is -2.60. The van der Waals surface area contributed by atoms with E-state index in [9.17, 15) is 4.79 Å². The molecule has 26 heavy (non-hydrogen) atoms. The first-order valence-electron chi connectivity index (χ1n) is 8.60. The van der Waals surface area contributed by atoms with Crippen LogP contribution in [-0.4, -0.2) is 32.9 Å². The topological polar surface area (TPSA) is 70.7 Å². The van der Waals surface area contributed by atoms with Crippen LogP contribution in [0, 0.1) is 0 Å². The van der Waals surface area contributed by atoms with Crippen LogP contribution in [0.4, 0.5) is 0 Å². The Balaban J connectivity index is 1.52. The Bertz CT molecular complexity index is 835. The predicted molar refractivity (Wildman–Crippen MR) is 105 cm³/mol. The highest BCUT2D eigenvalue weighted by atomic mass is 32.2. The van der Waals surface area contributed by atoms with Gasteiger partial charge in [0.05, 0.1) is 5.25 Å². The van der Waals surface area contributed by atoms with Crippen LogP contribution in [0.25, 0.3) is 11.4 Å². The molecule has 0 aliphatic rings. The van der Waals surface area contributed by atoms with E-state index < -0.39 is 0 Å². The van der Waals surface area contributed by atoms with Crippen molar-refractivity contribution in [3.8, 4) is 11.4 Å². The summed E-state index contributed by atoms with van der Waals surface area (Å²) in [6, 6.07) is 20.0. The third-order valence-corrected chi connectivity index (χ3v) is 5.08. The Kier molecular flexibility index (Phi) is 6.07. The largest absolute Gasteiger partial charge is 0.355 e. The maximum Gasteiger partial charge on any atom is 0.233 e. The predicted octanol–water partition coefficient (Wildman–Crippen LogP) is 3.87. The van der Waals surface area contributed by atoms with Crippen molar-refractivity contribution in [3.05, 3.63) is 66.2 Å². The van der Waals surface area contributed by atoms with Gasteiger partial charge in [0.15, 0.2) is 5.82 Å². The molecule has 0 saturated carbocycles. The van der Waals surface area contributed by atoms with Gasteiger partial charge < -0.3 is 5.32 Å². The summed E-state index contributed by atoms with van der Waals surface area (Å²) in [5.41, 5.74) is 2.19. The molecule has 0 fully saturated rings. The molecular formula is C20H22N4OS. The standard InChI is InChI=1S/C20H22N4OS/c1-14(16-9-5-3-6-10-16)13-21-19(25)15(2)26-20-22-18(23-24-20)17-11-7-4-8-12-17/h3-12,14-15H,13H2,1-2H3,(H,21,25)(H,22,23,24)/t14-,15+/m1/s1. The molecule has 1 aromatic heterocycles. The maximum atomic E-state index is 12.4. The van der Waals surface area contributed by atoms with E-state index in [1.54, 1.807) is 0 Å². The minimum absolute atomic E-state index is 0.0103. The molecule has 2 atom stereocenters. The second-order valence-corrected chi connectivity index (χ2v) is 7.46. The van der Waals surface area contributed by atoms with Crippen molar-refractivity contribution >= 4 is 17.7 Å². The highest BCUT2D eigenvalue weighted by molar-refractivity contribution is 8.00. The van der Waals surface area contributed by atoms with Gasteiger partial charge in [-0.1, -0.05) is 79.3 Å². The van der Waals surface area contributed by atoms with Gasteiger partial charge >= 0.3 is 0 Å². The van der Waals surface area contributed by atoms with Crippen molar-refractivity contribution in [2.45, 2.75) is 30.2 Å². The average Bonchev–Trinajstić information content (AvgIpc) is 3.15. The molecule has 1 heterocycles. The molecule has 0 aliphatic carbocycles. The monoisotopic (exact) mass is 366 g/mol. The number of thioether (sulfide) groups is 1. The number of carbonyl (C=O) groups excluding carboxylic acids is 1. The number of aromatic nitrogens is 3. The molecule has 6 heteroatoms. The molecule has 134 valence electrons. The molecule has 0 unspecified atom stereocenters. The fourth-order valence-corrected chi connectivity index (χ4v) is 3.28. The molecule has 3 rings (SSSR count). The molecule has 5 nitrogen and oxygen atoms in total. The van der Waals surface area contributed by atoms with Crippen LogP contribution in [0.15, 0.2) is 65.8 Å². The van der Waals surface area contributed by atoms with Crippen LogP contribution < -0.4 is 5.32 Å². The summed E-state index contributed by atoms with van der Waals surface area (Å²) >= 11 is 1.35. The Morgan fingerprint density at radius 1 is 1.08 bits per heavy atom.